The van der Waals surface area contributed by atoms with Gasteiger partial charge in [-0.05, 0) is 70.4 Å². The Kier molecular flexibility index (Phi) is 10.1. The van der Waals surface area contributed by atoms with Gasteiger partial charge in [0.2, 0.25) is 5.69 Å². The molecule has 2 aliphatic rings. The lowest BCUT2D eigenvalue weighted by atomic mass is 9.81. The van der Waals surface area contributed by atoms with E-state index in [2.05, 4.69) is 87.4 Å². The molecule has 7 nitrogen and oxygen atoms in total. The van der Waals surface area contributed by atoms with E-state index in [1.165, 1.54) is 28.6 Å². The van der Waals surface area contributed by atoms with E-state index < -0.39 is 21.5 Å². The summed E-state index contributed by atoms with van der Waals surface area (Å²) < 4.78 is 35.9. The van der Waals surface area contributed by atoms with Crippen molar-refractivity contribution in [1.82, 2.24) is 0 Å². The van der Waals surface area contributed by atoms with E-state index in [9.17, 15) is 17.8 Å². The monoisotopic (exact) mass is 619 g/mol. The van der Waals surface area contributed by atoms with Crippen LogP contribution >= 0.6 is 0 Å². The molecule has 0 aromatic heterocycles. The fourth-order valence-electron chi connectivity index (χ4n) is 6.62. The first kappa shape index (κ1) is 33.4. The number of fused-ring (bicyclic) bond motifs is 2. The van der Waals surface area contributed by atoms with Gasteiger partial charge in [0.05, 0.1) is 10.3 Å². The first-order valence-electron chi connectivity index (χ1n) is 15.6. The van der Waals surface area contributed by atoms with Gasteiger partial charge in [-0.2, -0.15) is 13.0 Å². The number of benzene rings is 2. The molecule has 0 spiro atoms. The first-order chi connectivity index (χ1) is 20.7. The average Bonchev–Trinajstić information content (AvgIpc) is 3.29. The van der Waals surface area contributed by atoms with Crippen molar-refractivity contribution in [3.8, 4) is 0 Å². The van der Waals surface area contributed by atoms with Crippen molar-refractivity contribution in [3.63, 3.8) is 0 Å². The van der Waals surface area contributed by atoms with Crippen LogP contribution in [0.25, 0.3) is 0 Å². The van der Waals surface area contributed by atoms with Gasteiger partial charge in [0.1, 0.15) is 6.54 Å². The van der Waals surface area contributed by atoms with Crippen LogP contribution in [0.5, 0.6) is 0 Å². The third-order valence-corrected chi connectivity index (χ3v) is 9.88. The van der Waals surface area contributed by atoms with E-state index in [4.69, 9.17) is 5.11 Å². The van der Waals surface area contributed by atoms with Crippen LogP contribution in [0.2, 0.25) is 0 Å². The molecule has 0 radical (unpaired) electrons. The van der Waals surface area contributed by atoms with Gasteiger partial charge in [0.25, 0.3) is 10.1 Å². The number of unbranched alkanes of at least 4 members (excludes halogenated alkanes) is 4. The molecule has 236 valence electrons. The molecular weight excluding hydrogens is 572 g/mol. The van der Waals surface area contributed by atoms with Crippen molar-refractivity contribution in [2.24, 2.45) is 0 Å². The van der Waals surface area contributed by atoms with Crippen molar-refractivity contribution < 1.29 is 27.4 Å². The molecule has 0 saturated carbocycles. The highest BCUT2D eigenvalue weighted by Crippen LogP contribution is 2.48. The standard InChI is InChI=1S/C36H46N2O5S/c1-7-37-30-21-19-26(2)24-28(30)35(3,4)32(37)16-12-11-13-17-33-36(5,6)29-25-27(44(41,42)43)20-22-31(29)38(33)23-15-10-8-9-14-18-34(39)40/h11-13,16-17,19-22,24-25H,7-10,14-15,18,23H2,1-6H3,(H-,39,40,41,42,43)/p+1. The zero-order valence-electron chi connectivity index (χ0n) is 26.9. The molecule has 2 heterocycles. The molecule has 0 amide bonds. The molecule has 0 bridgehead atoms. The van der Waals surface area contributed by atoms with Gasteiger partial charge in [-0.15, -0.1) is 0 Å². The van der Waals surface area contributed by atoms with Crippen LogP contribution in [0.4, 0.5) is 11.4 Å². The maximum Gasteiger partial charge on any atom is 0.303 e. The second-order valence-electron chi connectivity index (χ2n) is 12.9. The number of nitrogens with zero attached hydrogens (tertiary/aromatic N) is 2. The summed E-state index contributed by atoms with van der Waals surface area (Å²) in [5.74, 6) is -0.753. The molecule has 8 heteroatoms. The Morgan fingerprint density at radius 1 is 0.909 bits per heavy atom. The lowest BCUT2D eigenvalue weighted by molar-refractivity contribution is -0.438. The van der Waals surface area contributed by atoms with E-state index in [1.807, 2.05) is 12.2 Å². The number of hydrogen-bond acceptors (Lipinski definition) is 4. The third-order valence-electron chi connectivity index (χ3n) is 9.03. The van der Waals surface area contributed by atoms with Gasteiger partial charge in [-0.3, -0.25) is 9.35 Å². The minimum Gasteiger partial charge on any atom is -0.481 e. The van der Waals surface area contributed by atoms with Crippen molar-refractivity contribution >= 4 is 33.2 Å². The van der Waals surface area contributed by atoms with Gasteiger partial charge in [0.15, 0.2) is 5.71 Å². The molecule has 0 fully saturated rings. The molecule has 0 atom stereocenters. The third kappa shape index (κ3) is 6.92. The fraction of sp³-hybridized carbons (Fsp3) is 0.444. The smallest absolute Gasteiger partial charge is 0.303 e. The number of aliphatic carboxylic acids is 1. The number of allylic oxidation sites excluding steroid dienone is 6. The Bertz CT molecular complexity index is 1640. The summed E-state index contributed by atoms with van der Waals surface area (Å²) in [6, 6.07) is 11.5. The van der Waals surface area contributed by atoms with Crippen LogP contribution in [0.15, 0.2) is 77.4 Å². The minimum atomic E-state index is -4.33. The zero-order valence-corrected chi connectivity index (χ0v) is 27.7. The molecule has 4 rings (SSSR count). The molecule has 2 aliphatic heterocycles. The molecule has 2 aromatic carbocycles. The number of carboxylic acid groups (broad SMARTS) is 1. The maximum atomic E-state index is 11.9. The van der Waals surface area contributed by atoms with Crippen LogP contribution < -0.4 is 4.90 Å². The van der Waals surface area contributed by atoms with Crippen molar-refractivity contribution in [2.45, 2.75) is 95.8 Å². The Labute approximate surface area is 263 Å². The molecule has 44 heavy (non-hydrogen) atoms. The van der Waals surface area contributed by atoms with Crippen LogP contribution in [-0.2, 0) is 25.7 Å². The van der Waals surface area contributed by atoms with E-state index in [0.717, 1.165) is 55.7 Å². The van der Waals surface area contributed by atoms with Crippen LogP contribution in [0, 0.1) is 6.92 Å². The molecule has 2 N–H and O–H groups in total. The van der Waals surface area contributed by atoms with E-state index in [1.54, 1.807) is 12.1 Å². The highest BCUT2D eigenvalue weighted by molar-refractivity contribution is 7.85. The second-order valence-corrected chi connectivity index (χ2v) is 14.3. The first-order valence-corrected chi connectivity index (χ1v) is 17.1. The largest absolute Gasteiger partial charge is 0.481 e. The van der Waals surface area contributed by atoms with Gasteiger partial charge in [-0.25, -0.2) is 0 Å². The SMILES string of the molecule is CCN1C(=CC=CC=CC2=[N+](CCCCCCCC(=O)O)c3ccc(S(=O)(=O)O)cc3C2(C)C)C(C)(C)c2cc(C)ccc21. The lowest BCUT2D eigenvalue weighted by Crippen LogP contribution is -2.28. The summed E-state index contributed by atoms with van der Waals surface area (Å²) in [6.07, 6.45) is 15.1. The molecule has 0 unspecified atom stereocenters. The molecule has 0 aliphatic carbocycles. The Morgan fingerprint density at radius 3 is 2.30 bits per heavy atom. The van der Waals surface area contributed by atoms with Gasteiger partial charge < -0.3 is 10.0 Å². The number of carbonyl (C=O) groups is 1. The molecule has 2 aromatic rings. The van der Waals surface area contributed by atoms with Gasteiger partial charge in [0, 0.05) is 53.9 Å². The van der Waals surface area contributed by atoms with Crippen LogP contribution in [0.1, 0.15) is 89.8 Å². The van der Waals surface area contributed by atoms with Crippen molar-refractivity contribution in [3.05, 3.63) is 89.2 Å². The minimum absolute atomic E-state index is 0.102. The Hall–Kier alpha value is -3.49. The number of aryl methyl sites for hydroxylation is 1. The maximum absolute atomic E-state index is 11.9. The fourth-order valence-corrected chi connectivity index (χ4v) is 7.13. The quantitative estimate of drug-likeness (QED) is 0.103. The number of anilines is 1. The zero-order chi connectivity index (χ0) is 32.3. The molecular formula is C36H47N2O5S+. The van der Waals surface area contributed by atoms with E-state index in [0.29, 0.717) is 6.42 Å². The topological polar surface area (TPSA) is 97.9 Å². The Morgan fingerprint density at radius 2 is 1.61 bits per heavy atom. The highest BCUT2D eigenvalue weighted by Gasteiger charge is 2.45. The molecule has 0 saturated heterocycles. The summed E-state index contributed by atoms with van der Waals surface area (Å²) in [5.41, 5.74) is 7.40. The van der Waals surface area contributed by atoms with E-state index >= 15 is 0 Å². The highest BCUT2D eigenvalue weighted by atomic mass is 32.2. The second kappa shape index (κ2) is 13.2. The summed E-state index contributed by atoms with van der Waals surface area (Å²) in [6.45, 7) is 14.7. The number of likely N-dealkylation sites (N-methyl/N-ethyl adjacent to an activating group) is 1. The van der Waals surface area contributed by atoms with Crippen molar-refractivity contribution in [1.29, 1.82) is 0 Å². The average molecular weight is 620 g/mol. The van der Waals surface area contributed by atoms with Gasteiger partial charge in [-0.1, -0.05) is 62.6 Å². The predicted octanol–water partition coefficient (Wildman–Crippen LogP) is 7.86. The number of carboxylic acids is 1. The predicted molar refractivity (Wildman–Crippen MR) is 178 cm³/mol. The van der Waals surface area contributed by atoms with E-state index in [-0.39, 0.29) is 16.7 Å². The Balaban J connectivity index is 1.58. The van der Waals surface area contributed by atoms with Crippen LogP contribution in [-0.4, -0.2) is 47.4 Å². The number of hydrogen-bond donors (Lipinski definition) is 2. The normalized spacial score (nSPS) is 18.2. The van der Waals surface area contributed by atoms with Crippen molar-refractivity contribution in [2.75, 3.05) is 18.0 Å². The summed E-state index contributed by atoms with van der Waals surface area (Å²) in [7, 11) is -4.33. The van der Waals surface area contributed by atoms with Gasteiger partial charge >= 0.3 is 5.97 Å². The number of rotatable bonds is 13. The summed E-state index contributed by atoms with van der Waals surface area (Å²) in [5, 5.41) is 8.87. The summed E-state index contributed by atoms with van der Waals surface area (Å²) in [4.78, 5) is 13.1. The summed E-state index contributed by atoms with van der Waals surface area (Å²) >= 11 is 0. The van der Waals surface area contributed by atoms with Crippen LogP contribution in [0.3, 0.4) is 0 Å². The lowest BCUT2D eigenvalue weighted by Gasteiger charge is -2.25.